The minimum Gasteiger partial charge on any atom is -0.497 e. The van der Waals surface area contributed by atoms with Crippen molar-refractivity contribution in [1.29, 1.82) is 0 Å². The van der Waals surface area contributed by atoms with Crippen LogP contribution in [0.1, 0.15) is 21.8 Å². The van der Waals surface area contributed by atoms with Gasteiger partial charge in [-0.05, 0) is 25.1 Å². The van der Waals surface area contributed by atoms with Crippen molar-refractivity contribution in [2.45, 2.75) is 13.5 Å². The van der Waals surface area contributed by atoms with Gasteiger partial charge in [-0.1, -0.05) is 11.2 Å². The molecule has 0 unspecified atom stereocenters. The van der Waals surface area contributed by atoms with Crippen molar-refractivity contribution < 1.29 is 14.1 Å². The lowest BCUT2D eigenvalue weighted by Crippen LogP contribution is -2.48. The predicted molar refractivity (Wildman–Crippen MR) is 85.4 cm³/mol. The summed E-state index contributed by atoms with van der Waals surface area (Å²) in [5.41, 5.74) is 1.61. The van der Waals surface area contributed by atoms with Gasteiger partial charge in [-0.2, -0.15) is 0 Å². The summed E-state index contributed by atoms with van der Waals surface area (Å²) < 4.78 is 10.3. The van der Waals surface area contributed by atoms with E-state index in [0.29, 0.717) is 24.4 Å². The first-order valence-corrected chi connectivity index (χ1v) is 7.73. The number of benzene rings is 1. The molecule has 2 aromatic rings. The van der Waals surface area contributed by atoms with E-state index in [1.807, 2.05) is 36.1 Å². The number of amides is 1. The summed E-state index contributed by atoms with van der Waals surface area (Å²) in [6, 6.07) is 9.25. The molecular weight excluding hydrogens is 294 g/mol. The van der Waals surface area contributed by atoms with Crippen molar-refractivity contribution in [3.05, 3.63) is 47.3 Å². The zero-order valence-corrected chi connectivity index (χ0v) is 13.5. The number of hydrogen-bond donors (Lipinski definition) is 0. The van der Waals surface area contributed by atoms with Crippen LogP contribution in [-0.4, -0.2) is 54.2 Å². The van der Waals surface area contributed by atoms with Crippen LogP contribution in [0.25, 0.3) is 0 Å². The van der Waals surface area contributed by atoms with Crippen molar-refractivity contribution >= 4 is 5.91 Å². The standard InChI is InChI=1S/C17H21N3O3/c1-13-10-15(18-23-13)12-19-6-8-20(9-7-19)17(21)14-4-3-5-16(11-14)22-2/h3-5,10-11H,6-9,12H2,1-2H3. The molecule has 0 bridgehead atoms. The summed E-state index contributed by atoms with van der Waals surface area (Å²) in [6.45, 7) is 5.75. The van der Waals surface area contributed by atoms with E-state index < -0.39 is 0 Å². The highest BCUT2D eigenvalue weighted by Crippen LogP contribution is 2.16. The van der Waals surface area contributed by atoms with Gasteiger partial charge in [0.25, 0.3) is 5.91 Å². The Morgan fingerprint density at radius 1 is 1.26 bits per heavy atom. The molecule has 0 N–H and O–H groups in total. The second kappa shape index (κ2) is 6.83. The molecular formula is C17H21N3O3. The normalized spacial score (nSPS) is 15.7. The fourth-order valence-corrected chi connectivity index (χ4v) is 2.77. The summed E-state index contributed by atoms with van der Waals surface area (Å²) in [5, 5.41) is 4.02. The van der Waals surface area contributed by atoms with Gasteiger partial charge in [0.1, 0.15) is 11.5 Å². The molecule has 1 amide bonds. The maximum atomic E-state index is 12.6. The van der Waals surface area contributed by atoms with Crippen molar-refractivity contribution in [3.63, 3.8) is 0 Å². The minimum absolute atomic E-state index is 0.0563. The fourth-order valence-electron chi connectivity index (χ4n) is 2.77. The van der Waals surface area contributed by atoms with Crippen LogP contribution in [0, 0.1) is 6.92 Å². The summed E-state index contributed by atoms with van der Waals surface area (Å²) in [4.78, 5) is 16.7. The number of ether oxygens (including phenoxy) is 1. The third-order valence-electron chi connectivity index (χ3n) is 4.04. The van der Waals surface area contributed by atoms with Gasteiger partial charge in [-0.25, -0.2) is 0 Å². The van der Waals surface area contributed by atoms with E-state index in [0.717, 1.165) is 31.1 Å². The van der Waals surface area contributed by atoms with E-state index in [4.69, 9.17) is 9.26 Å². The fraction of sp³-hybridized carbons (Fsp3) is 0.412. The smallest absolute Gasteiger partial charge is 0.254 e. The molecule has 1 aliphatic rings. The Kier molecular flexibility index (Phi) is 4.62. The first-order chi connectivity index (χ1) is 11.2. The molecule has 1 saturated heterocycles. The van der Waals surface area contributed by atoms with Crippen LogP contribution in [0.15, 0.2) is 34.9 Å². The molecule has 0 aliphatic carbocycles. The summed E-state index contributed by atoms with van der Waals surface area (Å²) in [6.07, 6.45) is 0. The Hall–Kier alpha value is -2.34. The number of aryl methyl sites for hydroxylation is 1. The molecule has 0 atom stereocenters. The average Bonchev–Trinajstić information content (AvgIpc) is 3.00. The van der Waals surface area contributed by atoms with Crippen molar-refractivity contribution in [1.82, 2.24) is 15.0 Å². The number of aromatic nitrogens is 1. The molecule has 1 aromatic carbocycles. The molecule has 3 rings (SSSR count). The highest BCUT2D eigenvalue weighted by atomic mass is 16.5. The van der Waals surface area contributed by atoms with Crippen molar-refractivity contribution in [2.75, 3.05) is 33.3 Å². The highest BCUT2D eigenvalue weighted by Gasteiger charge is 2.23. The summed E-state index contributed by atoms with van der Waals surface area (Å²) >= 11 is 0. The number of piperazine rings is 1. The number of nitrogens with zero attached hydrogens (tertiary/aromatic N) is 3. The third-order valence-corrected chi connectivity index (χ3v) is 4.04. The van der Waals surface area contributed by atoms with E-state index in [1.54, 1.807) is 13.2 Å². The van der Waals surface area contributed by atoms with Crippen LogP contribution in [0.5, 0.6) is 5.75 Å². The van der Waals surface area contributed by atoms with Gasteiger partial charge >= 0.3 is 0 Å². The molecule has 0 spiro atoms. The van der Waals surface area contributed by atoms with E-state index in [-0.39, 0.29) is 5.91 Å². The first-order valence-electron chi connectivity index (χ1n) is 7.73. The van der Waals surface area contributed by atoms with Gasteiger partial charge < -0.3 is 14.2 Å². The van der Waals surface area contributed by atoms with Gasteiger partial charge in [0.2, 0.25) is 0 Å². The Balaban J connectivity index is 1.56. The Morgan fingerprint density at radius 2 is 2.04 bits per heavy atom. The predicted octanol–water partition coefficient (Wildman–Crippen LogP) is 1.95. The van der Waals surface area contributed by atoms with Crippen LogP contribution in [0.2, 0.25) is 0 Å². The lowest BCUT2D eigenvalue weighted by atomic mass is 10.1. The van der Waals surface area contributed by atoms with Crippen LogP contribution < -0.4 is 4.74 Å². The number of carbonyl (C=O) groups is 1. The van der Waals surface area contributed by atoms with E-state index in [2.05, 4.69) is 10.1 Å². The van der Waals surface area contributed by atoms with E-state index >= 15 is 0 Å². The van der Waals surface area contributed by atoms with Gasteiger partial charge in [0.15, 0.2) is 0 Å². The monoisotopic (exact) mass is 315 g/mol. The van der Waals surface area contributed by atoms with Gasteiger partial charge in [-0.3, -0.25) is 9.69 Å². The molecule has 1 aliphatic heterocycles. The van der Waals surface area contributed by atoms with Crippen LogP contribution >= 0.6 is 0 Å². The molecule has 0 radical (unpaired) electrons. The lowest BCUT2D eigenvalue weighted by Gasteiger charge is -2.34. The quantitative estimate of drug-likeness (QED) is 0.863. The highest BCUT2D eigenvalue weighted by molar-refractivity contribution is 5.94. The van der Waals surface area contributed by atoms with Crippen LogP contribution in [-0.2, 0) is 6.54 Å². The number of carbonyl (C=O) groups excluding carboxylic acids is 1. The van der Waals surface area contributed by atoms with Gasteiger partial charge in [0.05, 0.1) is 12.8 Å². The Morgan fingerprint density at radius 3 is 2.70 bits per heavy atom. The Labute approximate surface area is 135 Å². The molecule has 0 saturated carbocycles. The molecule has 1 fully saturated rings. The molecule has 2 heterocycles. The molecule has 1 aromatic heterocycles. The topological polar surface area (TPSA) is 58.8 Å². The van der Waals surface area contributed by atoms with E-state index in [9.17, 15) is 4.79 Å². The second-order valence-electron chi connectivity index (χ2n) is 5.73. The summed E-state index contributed by atoms with van der Waals surface area (Å²) in [5.74, 6) is 1.59. The van der Waals surface area contributed by atoms with Crippen LogP contribution in [0.4, 0.5) is 0 Å². The molecule has 122 valence electrons. The molecule has 23 heavy (non-hydrogen) atoms. The number of rotatable bonds is 4. The molecule has 6 nitrogen and oxygen atoms in total. The summed E-state index contributed by atoms with van der Waals surface area (Å²) in [7, 11) is 1.61. The number of methoxy groups -OCH3 is 1. The maximum Gasteiger partial charge on any atom is 0.254 e. The third kappa shape index (κ3) is 3.71. The SMILES string of the molecule is COc1cccc(C(=O)N2CCN(Cc3cc(C)on3)CC2)c1. The van der Waals surface area contributed by atoms with Crippen molar-refractivity contribution in [2.24, 2.45) is 0 Å². The second-order valence-corrected chi connectivity index (χ2v) is 5.73. The maximum absolute atomic E-state index is 12.6. The van der Waals surface area contributed by atoms with Gasteiger partial charge in [0, 0.05) is 44.4 Å². The largest absolute Gasteiger partial charge is 0.497 e. The van der Waals surface area contributed by atoms with Crippen LogP contribution in [0.3, 0.4) is 0 Å². The van der Waals surface area contributed by atoms with Gasteiger partial charge in [-0.15, -0.1) is 0 Å². The average molecular weight is 315 g/mol. The Bertz CT molecular complexity index is 675. The minimum atomic E-state index is 0.0563. The molecule has 6 heteroatoms. The van der Waals surface area contributed by atoms with Crippen molar-refractivity contribution in [3.8, 4) is 5.75 Å². The zero-order chi connectivity index (χ0) is 16.2. The first kappa shape index (κ1) is 15.6. The lowest BCUT2D eigenvalue weighted by molar-refractivity contribution is 0.0625. The van der Waals surface area contributed by atoms with E-state index in [1.165, 1.54) is 0 Å². The number of hydrogen-bond acceptors (Lipinski definition) is 5. The zero-order valence-electron chi connectivity index (χ0n) is 13.5.